The highest BCUT2D eigenvalue weighted by Gasteiger charge is 2.28. The summed E-state index contributed by atoms with van der Waals surface area (Å²) < 4.78 is 20.5. The number of furan rings is 3. The molecule has 15 nitrogen and oxygen atoms in total. The molecule has 29 rings (SSSR count). The number of pyridine rings is 3. The molecule has 0 bridgehead atoms. The number of hydrogen-bond donors (Lipinski definition) is 0. The van der Waals surface area contributed by atoms with Crippen molar-refractivity contribution in [2.45, 2.75) is 0 Å². The molecular formula is C128H72N12O3. The Hall–Kier alpha value is -19.6. The second-order valence-corrected chi connectivity index (χ2v) is 36.5. The van der Waals surface area contributed by atoms with Gasteiger partial charge < -0.3 is 13.3 Å². The third kappa shape index (κ3) is 13.6. The first-order chi connectivity index (χ1) is 70.8. The molecule has 20 aromatic carbocycles. The van der Waals surface area contributed by atoms with Crippen LogP contribution in [-0.4, -0.2) is 59.8 Å². The third-order valence-corrected chi connectivity index (χ3v) is 28.2. The molecule has 662 valence electrons. The van der Waals surface area contributed by atoms with E-state index in [2.05, 4.69) is 283 Å². The lowest BCUT2D eigenvalue weighted by molar-refractivity contribution is 0.668. The Kier molecular flexibility index (Phi) is 18.3. The van der Waals surface area contributed by atoms with Crippen molar-refractivity contribution in [1.29, 1.82) is 0 Å². The molecule has 0 aliphatic carbocycles. The van der Waals surface area contributed by atoms with Crippen molar-refractivity contribution >= 4 is 152 Å². The molecule has 0 spiro atoms. The molecule has 0 fully saturated rings. The van der Waals surface area contributed by atoms with Gasteiger partial charge in [0, 0.05) is 120 Å². The van der Waals surface area contributed by atoms with E-state index in [1.807, 2.05) is 146 Å². The molecule has 29 aromatic rings. The zero-order valence-electron chi connectivity index (χ0n) is 76.2. The standard InChI is InChI=1S/C128H72N12O3/c1-5-22-77(23-6-1)120-132-121(78-24-7-2-8-25-78)136-126(135-120)104-64-88(67-114-117(104)107-70-129-56-53-110(107)142-114)83-49-52-96-100(69-103-91-33-15-13-21-73(91)47-50-97(103)102(96)61-83)84-31-19-32-86(59-84)125-134-123(80-28-11-4-12-29-80)138-127(140-125)105-63-87(66-113-118(105)108-71-130-57-54-111(108)141-113)82-46-42-75-39-43-76-48-51-95-90(37-20-38-98(95)116(76)101(75)60-82)74-40-44-81(45-41-74)124-133-122(79-26-9-3-10-27-79)137-128(139-124)106-65-89(68-115-119(106)109-72-131-58-55-112(109)143-115)99-62-85-30-14-16-34-92(85)93-35-17-18-36-94(93)99/h1-72H. The molecule has 0 radical (unpaired) electrons. The minimum absolute atomic E-state index is 0.473. The smallest absolute Gasteiger partial charge is 0.164 e. The largest absolute Gasteiger partial charge is 0.456 e. The summed E-state index contributed by atoms with van der Waals surface area (Å²) in [6.45, 7) is 0. The number of hydrogen-bond acceptors (Lipinski definition) is 15. The third-order valence-electron chi connectivity index (χ3n) is 28.2. The number of rotatable bonds is 14. The first-order valence-corrected chi connectivity index (χ1v) is 47.6. The van der Waals surface area contributed by atoms with E-state index in [-0.39, 0.29) is 0 Å². The van der Waals surface area contributed by atoms with Crippen LogP contribution in [0.1, 0.15) is 0 Å². The first-order valence-electron chi connectivity index (χ1n) is 47.6. The van der Waals surface area contributed by atoms with Crippen molar-refractivity contribution in [3.63, 3.8) is 0 Å². The van der Waals surface area contributed by atoms with Crippen molar-refractivity contribution < 1.29 is 13.3 Å². The summed E-state index contributed by atoms with van der Waals surface area (Å²) in [7, 11) is 0. The highest BCUT2D eigenvalue weighted by molar-refractivity contribution is 6.26. The number of benzene rings is 20. The summed E-state index contributed by atoms with van der Waals surface area (Å²) in [5, 5.41) is 23.1. The molecule has 15 heteroatoms. The number of nitrogens with zero attached hydrogens (tertiary/aromatic N) is 12. The topological polar surface area (TPSA) is 194 Å². The van der Waals surface area contributed by atoms with E-state index < -0.39 is 0 Å². The average Bonchev–Trinajstić information content (AvgIpc) is 1.73. The molecule has 9 heterocycles. The fraction of sp³-hybridized carbons (Fsp3) is 0. The van der Waals surface area contributed by atoms with E-state index in [0.717, 1.165) is 219 Å². The van der Waals surface area contributed by atoms with Crippen LogP contribution >= 0.6 is 0 Å². The Labute approximate surface area is 815 Å². The van der Waals surface area contributed by atoms with Gasteiger partial charge in [0.15, 0.2) is 52.4 Å². The predicted molar refractivity (Wildman–Crippen MR) is 578 cm³/mol. The highest BCUT2D eigenvalue weighted by atomic mass is 16.3. The van der Waals surface area contributed by atoms with Gasteiger partial charge in [-0.2, -0.15) is 0 Å². The minimum atomic E-state index is 0.473. The van der Waals surface area contributed by atoms with Gasteiger partial charge in [0.05, 0.1) is 0 Å². The van der Waals surface area contributed by atoms with Gasteiger partial charge in [0.2, 0.25) is 0 Å². The second-order valence-electron chi connectivity index (χ2n) is 36.5. The normalized spacial score (nSPS) is 11.9. The maximum atomic E-state index is 6.96. The average molecular weight is 1830 g/mol. The summed E-state index contributed by atoms with van der Waals surface area (Å²) in [5.74, 6) is 4.71. The van der Waals surface area contributed by atoms with Crippen LogP contribution in [0.25, 0.3) is 310 Å². The molecule has 0 unspecified atom stereocenters. The predicted octanol–water partition coefficient (Wildman–Crippen LogP) is 32.7. The Bertz CT molecular complexity index is 10300. The van der Waals surface area contributed by atoms with Crippen LogP contribution in [0.4, 0.5) is 0 Å². The van der Waals surface area contributed by atoms with E-state index >= 15 is 0 Å². The van der Waals surface area contributed by atoms with Crippen molar-refractivity contribution in [2.75, 3.05) is 0 Å². The van der Waals surface area contributed by atoms with Crippen LogP contribution in [0, 0.1) is 0 Å². The van der Waals surface area contributed by atoms with E-state index in [1.165, 1.54) is 10.8 Å². The van der Waals surface area contributed by atoms with Crippen LogP contribution in [0.2, 0.25) is 0 Å². The van der Waals surface area contributed by atoms with Gasteiger partial charge in [-0.05, 0) is 227 Å². The van der Waals surface area contributed by atoms with Gasteiger partial charge in [-0.3, -0.25) is 15.0 Å². The Morgan fingerprint density at radius 1 is 0.133 bits per heavy atom. The summed E-state index contributed by atoms with van der Waals surface area (Å²) in [6.07, 6.45) is 10.9. The maximum absolute atomic E-state index is 6.96. The molecule has 0 atom stereocenters. The molecule has 0 aliphatic heterocycles. The molecule has 0 amide bonds. The summed E-state index contributed by atoms with van der Waals surface area (Å²) in [6, 6.07) is 141. The van der Waals surface area contributed by atoms with Gasteiger partial charge in [0.25, 0.3) is 0 Å². The first kappa shape index (κ1) is 80.6. The zero-order valence-corrected chi connectivity index (χ0v) is 76.2. The van der Waals surface area contributed by atoms with Crippen LogP contribution in [0.3, 0.4) is 0 Å². The van der Waals surface area contributed by atoms with E-state index in [1.54, 1.807) is 18.6 Å². The molecule has 0 saturated heterocycles. The molecular weight excluding hydrogens is 1750 g/mol. The fourth-order valence-electron chi connectivity index (χ4n) is 21.5. The van der Waals surface area contributed by atoms with E-state index in [9.17, 15) is 0 Å². The van der Waals surface area contributed by atoms with Gasteiger partial charge >= 0.3 is 0 Å². The number of fused-ring (bicyclic) bond motifs is 22. The molecule has 0 aliphatic rings. The second kappa shape index (κ2) is 32.5. The fourth-order valence-corrected chi connectivity index (χ4v) is 21.5. The van der Waals surface area contributed by atoms with Crippen molar-refractivity contribution in [1.82, 2.24) is 59.8 Å². The van der Waals surface area contributed by atoms with Gasteiger partial charge in [-0.25, -0.2) is 44.9 Å². The lowest BCUT2D eigenvalue weighted by atomic mass is 9.88. The van der Waals surface area contributed by atoms with E-state index in [4.69, 9.17) is 63.1 Å². The van der Waals surface area contributed by atoms with Gasteiger partial charge in [0.1, 0.15) is 33.5 Å². The lowest BCUT2D eigenvalue weighted by Gasteiger charge is -2.16. The minimum Gasteiger partial charge on any atom is -0.456 e. The zero-order chi connectivity index (χ0) is 93.8. The number of aromatic nitrogens is 12. The van der Waals surface area contributed by atoms with Crippen molar-refractivity contribution in [3.8, 4) is 158 Å². The Morgan fingerprint density at radius 3 is 1.02 bits per heavy atom. The summed E-state index contributed by atoms with van der Waals surface area (Å²) >= 11 is 0. The Balaban J connectivity index is 0.544. The Morgan fingerprint density at radius 2 is 0.469 bits per heavy atom. The van der Waals surface area contributed by atoms with Crippen LogP contribution < -0.4 is 0 Å². The van der Waals surface area contributed by atoms with E-state index in [0.29, 0.717) is 80.3 Å². The van der Waals surface area contributed by atoms with Crippen LogP contribution in [0.15, 0.2) is 451 Å². The monoisotopic (exact) mass is 1820 g/mol. The SMILES string of the molecule is c1ccc(-c2nc(-c3ccccc3)nc(-c3cc(-c4ccc5c(-c6cccc(-c7nc(-c8ccccc8)nc(-c8cc(-c9ccc%10ccc%11ccc%12c(-c%13ccc(-c%14nc(-c%15ccccc%15)nc(-c%15cc(-c%16cc%17ccccc%17c%17ccccc%16%17)cc%16oc%17ccncc%17c%15%16)n%14)cc%13)cccc%12c%11c%10c9)cc9oc%10ccncc%10c89)n7)c6)cc6c7ccccc7ccc6c5c4)cc4oc5ccncc5c34)n2)cc1. The maximum Gasteiger partial charge on any atom is 0.164 e. The summed E-state index contributed by atoms with van der Waals surface area (Å²) in [5.41, 5.74) is 21.6. The van der Waals surface area contributed by atoms with Crippen LogP contribution in [0.5, 0.6) is 0 Å². The van der Waals surface area contributed by atoms with Crippen molar-refractivity contribution in [3.05, 3.63) is 438 Å². The molecule has 0 N–H and O–H groups in total. The van der Waals surface area contributed by atoms with Gasteiger partial charge in [-0.15, -0.1) is 0 Å². The molecule has 0 saturated carbocycles. The molecule has 9 aromatic heterocycles. The molecule has 143 heavy (non-hydrogen) atoms. The quantitative estimate of drug-likeness (QED) is 0.0932. The summed E-state index contributed by atoms with van der Waals surface area (Å²) in [4.78, 5) is 62.3. The van der Waals surface area contributed by atoms with Crippen molar-refractivity contribution in [2.24, 2.45) is 0 Å². The highest BCUT2D eigenvalue weighted by Crippen LogP contribution is 2.50. The van der Waals surface area contributed by atoms with Crippen LogP contribution in [-0.2, 0) is 0 Å². The van der Waals surface area contributed by atoms with Gasteiger partial charge in [-0.1, -0.05) is 315 Å². The lowest BCUT2D eigenvalue weighted by Crippen LogP contribution is -2.01.